The first-order valence-electron chi connectivity index (χ1n) is 5.50. The molecule has 0 bridgehead atoms. The number of carbonyl (C=O) groups is 1. The van der Waals surface area contributed by atoms with E-state index in [1.807, 2.05) is 0 Å². The Bertz CT molecular complexity index is 220. The normalized spacial score (nSPS) is 27.0. The molecule has 0 aromatic carbocycles. The van der Waals surface area contributed by atoms with Crippen molar-refractivity contribution in [1.82, 2.24) is 0 Å². The molecule has 0 heterocycles. The molecule has 0 amide bonds. The Balaban J connectivity index is 2.37. The van der Waals surface area contributed by atoms with E-state index in [4.69, 9.17) is 4.74 Å². The van der Waals surface area contributed by atoms with Crippen molar-refractivity contribution < 1.29 is 9.53 Å². The Kier molecular flexibility index (Phi) is 4.18. The maximum Gasteiger partial charge on any atom is 0.333 e. The molecule has 80 valence electrons. The SMILES string of the molecule is C=C(C)C(=O)OC1CCCC(CC)C1. The summed E-state index contributed by atoms with van der Waals surface area (Å²) in [5.41, 5.74) is 0.503. The van der Waals surface area contributed by atoms with Crippen LogP contribution in [-0.4, -0.2) is 12.1 Å². The lowest BCUT2D eigenvalue weighted by atomic mass is 9.85. The number of esters is 1. The zero-order valence-electron chi connectivity index (χ0n) is 9.21. The standard InChI is InChI=1S/C12H20O2/c1-4-10-6-5-7-11(8-10)14-12(13)9(2)3/h10-11H,2,4-8H2,1,3H3. The number of rotatable bonds is 3. The van der Waals surface area contributed by atoms with Crippen LogP contribution in [0.2, 0.25) is 0 Å². The molecular weight excluding hydrogens is 176 g/mol. The molecule has 0 N–H and O–H groups in total. The summed E-state index contributed by atoms with van der Waals surface area (Å²) >= 11 is 0. The van der Waals surface area contributed by atoms with Gasteiger partial charge in [0.1, 0.15) is 6.10 Å². The highest BCUT2D eigenvalue weighted by molar-refractivity contribution is 5.87. The third kappa shape index (κ3) is 3.17. The second-order valence-electron chi connectivity index (χ2n) is 4.25. The van der Waals surface area contributed by atoms with E-state index in [-0.39, 0.29) is 12.1 Å². The van der Waals surface area contributed by atoms with E-state index < -0.39 is 0 Å². The Morgan fingerprint density at radius 1 is 1.50 bits per heavy atom. The lowest BCUT2D eigenvalue weighted by molar-refractivity contribution is -0.146. The summed E-state index contributed by atoms with van der Waals surface area (Å²) in [6, 6.07) is 0. The summed E-state index contributed by atoms with van der Waals surface area (Å²) in [5, 5.41) is 0. The highest BCUT2D eigenvalue weighted by Crippen LogP contribution is 2.28. The van der Waals surface area contributed by atoms with Crippen LogP contribution in [0.5, 0.6) is 0 Å². The molecule has 14 heavy (non-hydrogen) atoms. The van der Waals surface area contributed by atoms with Gasteiger partial charge in [-0.05, 0) is 32.1 Å². The van der Waals surface area contributed by atoms with Crippen LogP contribution >= 0.6 is 0 Å². The molecule has 1 saturated carbocycles. The number of hydrogen-bond donors (Lipinski definition) is 0. The average molecular weight is 196 g/mol. The summed E-state index contributed by atoms with van der Waals surface area (Å²) in [5.74, 6) is 0.512. The summed E-state index contributed by atoms with van der Waals surface area (Å²) in [6.45, 7) is 7.48. The third-order valence-corrected chi connectivity index (χ3v) is 2.93. The second-order valence-corrected chi connectivity index (χ2v) is 4.25. The second kappa shape index (κ2) is 5.18. The summed E-state index contributed by atoms with van der Waals surface area (Å²) < 4.78 is 5.35. The van der Waals surface area contributed by atoms with E-state index in [2.05, 4.69) is 13.5 Å². The predicted molar refractivity (Wildman–Crippen MR) is 56.9 cm³/mol. The Labute approximate surface area is 86.3 Å². The summed E-state index contributed by atoms with van der Waals surface area (Å²) in [4.78, 5) is 11.3. The van der Waals surface area contributed by atoms with Crippen LogP contribution < -0.4 is 0 Å². The van der Waals surface area contributed by atoms with Gasteiger partial charge in [-0.2, -0.15) is 0 Å². The Morgan fingerprint density at radius 3 is 2.79 bits per heavy atom. The van der Waals surface area contributed by atoms with Gasteiger partial charge < -0.3 is 4.74 Å². The molecule has 1 aliphatic carbocycles. The first-order valence-corrected chi connectivity index (χ1v) is 5.50. The number of carbonyl (C=O) groups excluding carboxylic acids is 1. The molecule has 0 saturated heterocycles. The van der Waals surface area contributed by atoms with Crippen molar-refractivity contribution in [1.29, 1.82) is 0 Å². The highest BCUT2D eigenvalue weighted by Gasteiger charge is 2.23. The minimum absolute atomic E-state index is 0.137. The first-order chi connectivity index (χ1) is 6.63. The minimum atomic E-state index is -0.230. The molecular formula is C12H20O2. The molecule has 2 unspecified atom stereocenters. The van der Waals surface area contributed by atoms with E-state index in [0.29, 0.717) is 5.57 Å². The summed E-state index contributed by atoms with van der Waals surface area (Å²) in [7, 11) is 0. The maximum atomic E-state index is 11.3. The van der Waals surface area contributed by atoms with Crippen molar-refractivity contribution in [3.05, 3.63) is 12.2 Å². The molecule has 0 radical (unpaired) electrons. The van der Waals surface area contributed by atoms with E-state index in [9.17, 15) is 4.79 Å². The smallest absolute Gasteiger partial charge is 0.333 e. The third-order valence-electron chi connectivity index (χ3n) is 2.93. The van der Waals surface area contributed by atoms with Gasteiger partial charge in [-0.15, -0.1) is 0 Å². The van der Waals surface area contributed by atoms with Gasteiger partial charge in [-0.1, -0.05) is 26.3 Å². The number of hydrogen-bond acceptors (Lipinski definition) is 2. The minimum Gasteiger partial charge on any atom is -0.459 e. The zero-order chi connectivity index (χ0) is 10.6. The zero-order valence-corrected chi connectivity index (χ0v) is 9.21. The van der Waals surface area contributed by atoms with Gasteiger partial charge in [0, 0.05) is 5.57 Å². The van der Waals surface area contributed by atoms with Crippen LogP contribution in [0.15, 0.2) is 12.2 Å². The highest BCUT2D eigenvalue weighted by atomic mass is 16.5. The fourth-order valence-corrected chi connectivity index (χ4v) is 1.97. The molecule has 0 spiro atoms. The van der Waals surface area contributed by atoms with Gasteiger partial charge in [0.2, 0.25) is 0 Å². The molecule has 2 nitrogen and oxygen atoms in total. The van der Waals surface area contributed by atoms with Crippen LogP contribution in [0.25, 0.3) is 0 Å². The Hall–Kier alpha value is -0.790. The molecule has 2 atom stereocenters. The monoisotopic (exact) mass is 196 g/mol. The molecule has 0 aromatic heterocycles. The molecule has 1 fully saturated rings. The van der Waals surface area contributed by atoms with Crippen LogP contribution in [-0.2, 0) is 9.53 Å². The first kappa shape index (κ1) is 11.3. The topological polar surface area (TPSA) is 26.3 Å². The van der Waals surface area contributed by atoms with E-state index in [0.717, 1.165) is 18.8 Å². The van der Waals surface area contributed by atoms with Crippen LogP contribution in [0.1, 0.15) is 46.0 Å². The fraction of sp³-hybridized carbons (Fsp3) is 0.750. The van der Waals surface area contributed by atoms with Gasteiger partial charge in [0.25, 0.3) is 0 Å². The van der Waals surface area contributed by atoms with Crippen molar-refractivity contribution >= 4 is 5.97 Å². The maximum absolute atomic E-state index is 11.3. The van der Waals surface area contributed by atoms with Gasteiger partial charge in [0.05, 0.1) is 0 Å². The van der Waals surface area contributed by atoms with Crippen molar-refractivity contribution in [2.24, 2.45) is 5.92 Å². The van der Waals surface area contributed by atoms with Gasteiger partial charge in [0.15, 0.2) is 0 Å². The fourth-order valence-electron chi connectivity index (χ4n) is 1.97. The lowest BCUT2D eigenvalue weighted by Gasteiger charge is -2.28. The molecule has 1 aliphatic rings. The number of ether oxygens (including phenoxy) is 1. The molecule has 0 aromatic rings. The van der Waals surface area contributed by atoms with Crippen LogP contribution in [0.4, 0.5) is 0 Å². The van der Waals surface area contributed by atoms with Gasteiger partial charge in [-0.25, -0.2) is 4.79 Å². The van der Waals surface area contributed by atoms with Crippen molar-refractivity contribution in [2.45, 2.75) is 52.1 Å². The lowest BCUT2D eigenvalue weighted by Crippen LogP contribution is -2.25. The molecule has 2 heteroatoms. The predicted octanol–water partition coefficient (Wildman–Crippen LogP) is 3.07. The van der Waals surface area contributed by atoms with Gasteiger partial charge >= 0.3 is 5.97 Å². The van der Waals surface area contributed by atoms with E-state index >= 15 is 0 Å². The molecule has 0 aliphatic heterocycles. The summed E-state index contributed by atoms with van der Waals surface area (Å²) in [6.07, 6.45) is 5.87. The van der Waals surface area contributed by atoms with E-state index in [1.54, 1.807) is 6.92 Å². The van der Waals surface area contributed by atoms with Crippen molar-refractivity contribution in [3.63, 3.8) is 0 Å². The Morgan fingerprint density at radius 2 is 2.21 bits per heavy atom. The quantitative estimate of drug-likeness (QED) is 0.512. The van der Waals surface area contributed by atoms with Crippen molar-refractivity contribution in [3.8, 4) is 0 Å². The largest absolute Gasteiger partial charge is 0.459 e. The van der Waals surface area contributed by atoms with Gasteiger partial charge in [-0.3, -0.25) is 0 Å². The average Bonchev–Trinajstić information content (AvgIpc) is 2.18. The van der Waals surface area contributed by atoms with E-state index in [1.165, 1.54) is 19.3 Å². The van der Waals surface area contributed by atoms with Crippen molar-refractivity contribution in [2.75, 3.05) is 0 Å². The van der Waals surface area contributed by atoms with Crippen LogP contribution in [0.3, 0.4) is 0 Å². The molecule has 1 rings (SSSR count). The van der Waals surface area contributed by atoms with Crippen LogP contribution in [0, 0.1) is 5.92 Å².